The molecule has 0 saturated heterocycles. The molecule has 2 aliphatic carbocycles. The van der Waals surface area contributed by atoms with E-state index in [-0.39, 0.29) is 17.6 Å². The molecule has 0 aromatic heterocycles. The van der Waals surface area contributed by atoms with Crippen molar-refractivity contribution in [3.05, 3.63) is 58.7 Å². The van der Waals surface area contributed by atoms with Crippen molar-refractivity contribution in [2.24, 2.45) is 5.92 Å². The lowest BCUT2D eigenvalue weighted by atomic mass is 9.86. The molecule has 2 unspecified atom stereocenters. The minimum atomic E-state index is 0.0433. The first-order valence-corrected chi connectivity index (χ1v) is 7.68. The second-order valence-corrected chi connectivity index (χ2v) is 4.78. The number of carbonyl (C=O) groups excluding carboxylic acids is 1. The Balaban J connectivity index is 0.000000461. The van der Waals surface area contributed by atoms with E-state index in [1.807, 2.05) is 46.8 Å². The summed E-state index contributed by atoms with van der Waals surface area (Å²) in [5.41, 5.74) is 4.54. The van der Waals surface area contributed by atoms with Crippen LogP contribution in [0.3, 0.4) is 0 Å². The van der Waals surface area contributed by atoms with Crippen LogP contribution in [0.15, 0.2) is 42.0 Å². The van der Waals surface area contributed by atoms with Gasteiger partial charge in [0.15, 0.2) is 5.78 Å². The zero-order chi connectivity index (χ0) is 15.3. The number of allylic oxidation sites excluding steroid dienone is 4. The van der Waals surface area contributed by atoms with E-state index >= 15 is 0 Å². The highest BCUT2D eigenvalue weighted by Gasteiger charge is 2.37. The number of ketones is 1. The Labute approximate surface area is 123 Å². The minimum absolute atomic E-state index is 0.0433. The summed E-state index contributed by atoms with van der Waals surface area (Å²) in [5, 5.41) is 0. The molecule has 0 N–H and O–H groups in total. The number of fused-ring (bicyclic) bond motifs is 3. The van der Waals surface area contributed by atoms with Gasteiger partial charge in [0.05, 0.1) is 5.92 Å². The molecule has 20 heavy (non-hydrogen) atoms. The lowest BCUT2D eigenvalue weighted by molar-refractivity contribution is 0.0954. The fraction of sp³-hybridized carbons (Fsp3) is 0.421. The Kier molecular flexibility index (Phi) is 5.94. The van der Waals surface area contributed by atoms with Crippen LogP contribution < -0.4 is 0 Å². The fourth-order valence-corrected chi connectivity index (χ4v) is 2.72. The average Bonchev–Trinajstić information content (AvgIpc) is 2.76. The van der Waals surface area contributed by atoms with Gasteiger partial charge in [0.1, 0.15) is 0 Å². The van der Waals surface area contributed by atoms with Gasteiger partial charge in [0.25, 0.3) is 0 Å². The van der Waals surface area contributed by atoms with Crippen molar-refractivity contribution in [2.75, 3.05) is 0 Å². The molecule has 1 aromatic rings. The zero-order valence-corrected chi connectivity index (χ0v) is 13.5. The van der Waals surface area contributed by atoms with Crippen LogP contribution in [0.4, 0.5) is 0 Å². The molecule has 0 saturated carbocycles. The van der Waals surface area contributed by atoms with E-state index in [9.17, 15) is 4.79 Å². The molecule has 0 fully saturated rings. The third-order valence-electron chi connectivity index (χ3n) is 3.53. The maximum absolute atomic E-state index is 12.2. The van der Waals surface area contributed by atoms with Gasteiger partial charge < -0.3 is 0 Å². The van der Waals surface area contributed by atoms with Crippen LogP contribution in [0.1, 0.15) is 62.0 Å². The van der Waals surface area contributed by atoms with Gasteiger partial charge in [-0.2, -0.15) is 0 Å². The first-order chi connectivity index (χ1) is 9.66. The molecule has 1 aromatic carbocycles. The summed E-state index contributed by atoms with van der Waals surface area (Å²) in [6.07, 6.45) is 6.39. The third-order valence-corrected chi connectivity index (χ3v) is 3.53. The molecule has 108 valence electrons. The minimum Gasteiger partial charge on any atom is -0.293 e. The van der Waals surface area contributed by atoms with Crippen LogP contribution in [-0.4, -0.2) is 5.78 Å². The van der Waals surface area contributed by atoms with E-state index < -0.39 is 0 Å². The Morgan fingerprint density at radius 2 is 1.60 bits per heavy atom. The highest BCUT2D eigenvalue weighted by molar-refractivity contribution is 6.05. The van der Waals surface area contributed by atoms with Crippen molar-refractivity contribution in [1.29, 1.82) is 0 Å². The van der Waals surface area contributed by atoms with Crippen LogP contribution in [0.2, 0.25) is 0 Å². The van der Waals surface area contributed by atoms with Crippen molar-refractivity contribution in [2.45, 2.75) is 47.5 Å². The lowest BCUT2D eigenvalue weighted by Crippen LogP contribution is -2.12. The van der Waals surface area contributed by atoms with Crippen LogP contribution >= 0.6 is 0 Å². The van der Waals surface area contributed by atoms with E-state index in [1.54, 1.807) is 0 Å². The first kappa shape index (κ1) is 16.4. The molecule has 0 radical (unpaired) electrons. The molecular formula is C19H26O. The SMILES string of the molecule is CC.CC.CC1=CC2C(=O)c3ccc(C)cc3C2C=C1. The number of rotatable bonds is 0. The smallest absolute Gasteiger partial charge is 0.170 e. The van der Waals surface area contributed by atoms with E-state index in [1.165, 1.54) is 16.7 Å². The molecule has 0 bridgehead atoms. The number of aryl methyl sites for hydroxylation is 1. The molecule has 3 rings (SSSR count). The molecule has 2 atom stereocenters. The van der Waals surface area contributed by atoms with Crippen LogP contribution in [0, 0.1) is 12.8 Å². The Morgan fingerprint density at radius 3 is 2.25 bits per heavy atom. The topological polar surface area (TPSA) is 17.1 Å². The van der Waals surface area contributed by atoms with Gasteiger partial charge in [-0.25, -0.2) is 0 Å². The zero-order valence-electron chi connectivity index (χ0n) is 13.5. The Bertz CT molecular complexity index is 535. The largest absolute Gasteiger partial charge is 0.293 e. The molecular weight excluding hydrogens is 244 g/mol. The van der Waals surface area contributed by atoms with Crippen molar-refractivity contribution in [3.8, 4) is 0 Å². The standard InChI is InChI=1S/C15H14O.2C2H6/c1-9-4-6-12-13(7-9)11-5-3-10(2)8-14(11)15(12)16;2*1-2/h3-8,11,14H,1-2H3;2*1-2H3. The number of hydrogen-bond donors (Lipinski definition) is 0. The fourth-order valence-electron chi connectivity index (χ4n) is 2.72. The third kappa shape index (κ3) is 2.92. The van der Waals surface area contributed by atoms with Crippen LogP contribution in [0.5, 0.6) is 0 Å². The lowest BCUT2D eigenvalue weighted by Gasteiger charge is -2.16. The van der Waals surface area contributed by atoms with Crippen molar-refractivity contribution in [3.63, 3.8) is 0 Å². The number of Topliss-reactive ketones (excluding diaryl/α,β-unsaturated/α-hetero) is 1. The second-order valence-electron chi connectivity index (χ2n) is 4.78. The van der Waals surface area contributed by atoms with Crippen molar-refractivity contribution in [1.82, 2.24) is 0 Å². The van der Waals surface area contributed by atoms with Gasteiger partial charge in [-0.05, 0) is 19.4 Å². The molecule has 0 heterocycles. The van der Waals surface area contributed by atoms with E-state index in [0.29, 0.717) is 0 Å². The molecule has 0 spiro atoms. The van der Waals surface area contributed by atoms with E-state index in [0.717, 1.165) is 5.56 Å². The van der Waals surface area contributed by atoms with Gasteiger partial charge in [-0.1, -0.05) is 75.3 Å². The van der Waals surface area contributed by atoms with E-state index in [4.69, 9.17) is 0 Å². The summed E-state index contributed by atoms with van der Waals surface area (Å²) < 4.78 is 0. The second kappa shape index (κ2) is 7.23. The van der Waals surface area contributed by atoms with Gasteiger partial charge in [-0.3, -0.25) is 4.79 Å². The summed E-state index contributed by atoms with van der Waals surface area (Å²) in [4.78, 5) is 12.2. The monoisotopic (exact) mass is 270 g/mol. The summed E-state index contributed by atoms with van der Waals surface area (Å²) in [7, 11) is 0. The van der Waals surface area contributed by atoms with Gasteiger partial charge in [0, 0.05) is 11.5 Å². The first-order valence-electron chi connectivity index (χ1n) is 7.68. The Morgan fingerprint density at radius 1 is 0.950 bits per heavy atom. The highest BCUT2D eigenvalue weighted by atomic mass is 16.1. The maximum Gasteiger partial charge on any atom is 0.170 e. The summed E-state index contributed by atoms with van der Waals surface area (Å²) in [6.45, 7) is 12.1. The van der Waals surface area contributed by atoms with Crippen molar-refractivity contribution < 1.29 is 4.79 Å². The maximum atomic E-state index is 12.2. The van der Waals surface area contributed by atoms with Crippen LogP contribution in [0.25, 0.3) is 0 Å². The normalized spacial score (nSPS) is 21.7. The van der Waals surface area contributed by atoms with Gasteiger partial charge in [-0.15, -0.1) is 0 Å². The summed E-state index contributed by atoms with van der Waals surface area (Å²) >= 11 is 0. The number of carbonyl (C=O) groups is 1. The van der Waals surface area contributed by atoms with E-state index in [2.05, 4.69) is 31.2 Å². The van der Waals surface area contributed by atoms with Gasteiger partial charge in [0.2, 0.25) is 0 Å². The highest BCUT2D eigenvalue weighted by Crippen LogP contribution is 2.42. The van der Waals surface area contributed by atoms with Crippen LogP contribution in [-0.2, 0) is 0 Å². The molecule has 2 aliphatic rings. The molecule has 0 aliphatic heterocycles. The number of hydrogen-bond acceptors (Lipinski definition) is 1. The average molecular weight is 270 g/mol. The predicted octanol–water partition coefficient (Wildman–Crippen LogP) is 5.46. The summed E-state index contributed by atoms with van der Waals surface area (Å²) in [5.74, 6) is 0.594. The summed E-state index contributed by atoms with van der Waals surface area (Å²) in [6, 6.07) is 6.15. The molecule has 1 heteroatoms. The molecule has 1 nitrogen and oxygen atoms in total. The van der Waals surface area contributed by atoms with Crippen molar-refractivity contribution >= 4 is 5.78 Å². The van der Waals surface area contributed by atoms with Gasteiger partial charge >= 0.3 is 0 Å². The quantitative estimate of drug-likeness (QED) is 0.612. The Hall–Kier alpha value is -1.63. The number of benzene rings is 1. The predicted molar refractivity (Wildman–Crippen MR) is 87.3 cm³/mol. The molecule has 0 amide bonds.